The molecule has 1 aromatic rings. The Kier molecular flexibility index (Phi) is 1.77. The fraction of sp³-hybridized carbons (Fsp3) is 0.200. The van der Waals surface area contributed by atoms with Crippen molar-refractivity contribution in [2.45, 2.75) is 5.08 Å². The van der Waals surface area contributed by atoms with Gasteiger partial charge < -0.3 is 0 Å². The molecule has 0 fully saturated rings. The predicted molar refractivity (Wildman–Crippen MR) is 37.9 cm³/mol. The minimum atomic E-state index is 0.369. The van der Waals surface area contributed by atoms with Gasteiger partial charge in [0, 0.05) is 0 Å². The van der Waals surface area contributed by atoms with Gasteiger partial charge in [-0.3, -0.25) is 0 Å². The predicted octanol–water partition coefficient (Wildman–Crippen LogP) is 2.32. The summed E-state index contributed by atoms with van der Waals surface area (Å²) in [5.74, 6) is 0. The molecule has 0 bridgehead atoms. The maximum Gasteiger partial charge on any atom is 0.170 e. The van der Waals surface area contributed by atoms with Gasteiger partial charge in [-0.2, -0.15) is 0 Å². The van der Waals surface area contributed by atoms with E-state index in [4.69, 9.17) is 0 Å². The van der Waals surface area contributed by atoms with Crippen molar-refractivity contribution in [2.75, 3.05) is 0 Å². The summed E-state index contributed by atoms with van der Waals surface area (Å²) < 4.78 is 0. The van der Waals surface area contributed by atoms with Crippen molar-refractivity contribution in [3.63, 3.8) is 0 Å². The highest BCUT2D eigenvalue weighted by atomic mass is 32.2. The molecular weight excluding hydrogens is 124 g/mol. The monoisotopic (exact) mass is 131 g/mol. The van der Waals surface area contributed by atoms with Crippen molar-refractivity contribution in [2.24, 2.45) is 0 Å². The lowest BCUT2D eigenvalue weighted by Gasteiger charge is -1.69. The van der Waals surface area contributed by atoms with E-state index >= 15 is 0 Å². The summed E-state index contributed by atoms with van der Waals surface area (Å²) in [5.41, 5.74) is 0. The van der Waals surface area contributed by atoms with E-state index in [9.17, 15) is 0 Å². The van der Waals surface area contributed by atoms with Gasteiger partial charge in [-0.05, 0) is 22.6 Å². The molecule has 0 aliphatic heterocycles. The molecule has 0 atom stereocenters. The van der Waals surface area contributed by atoms with Crippen LogP contribution in [0.2, 0.25) is 0 Å². The molecule has 7 heavy (non-hydrogen) atoms. The summed E-state index contributed by atoms with van der Waals surface area (Å²) in [6.45, 7) is 0. The van der Waals surface area contributed by atoms with Crippen molar-refractivity contribution < 1.29 is 0 Å². The van der Waals surface area contributed by atoms with Crippen LogP contribution in [0, 0.1) is 0 Å². The first-order chi connectivity index (χ1) is 3.43. The zero-order valence-corrected chi connectivity index (χ0v) is 5.58. The molecule has 0 radical (unpaired) electrons. The average Bonchev–Trinajstić information content (AvgIpc) is 2.14. The fourth-order valence-electron chi connectivity index (χ4n) is 0.424. The molecule has 1 aromatic heterocycles. The summed E-state index contributed by atoms with van der Waals surface area (Å²) in [6, 6.07) is 4.14. The van der Waals surface area contributed by atoms with E-state index in [0.29, 0.717) is 10.5 Å². The van der Waals surface area contributed by atoms with Gasteiger partial charge in [-0.1, -0.05) is 0 Å². The highest BCUT2D eigenvalue weighted by molar-refractivity contribution is 7.83. The summed E-state index contributed by atoms with van der Waals surface area (Å²) >= 11 is 4.13. The zero-order valence-electron chi connectivity index (χ0n) is 3.87. The Morgan fingerprint density at radius 3 is 2.14 bits per heavy atom. The van der Waals surface area contributed by atoms with Gasteiger partial charge in [-0.15, -0.1) is 12.6 Å². The van der Waals surface area contributed by atoms with Gasteiger partial charge in [0.25, 0.3) is 0 Å². The number of thiophene rings is 1. The lowest BCUT2D eigenvalue weighted by atomic mass is 10.7. The van der Waals surface area contributed by atoms with Crippen molar-refractivity contribution in [3.8, 4) is 0 Å². The third-order valence-corrected chi connectivity index (χ3v) is 2.97. The Bertz CT molecular complexity index is 121. The summed E-state index contributed by atoms with van der Waals surface area (Å²) in [7, 11) is 0.369. The third-order valence-electron chi connectivity index (χ3n) is 0.767. The van der Waals surface area contributed by atoms with Crippen molar-refractivity contribution in [1.29, 1.82) is 0 Å². The molecule has 0 aromatic carbocycles. The molecule has 1 heterocycles. The van der Waals surface area contributed by atoms with Crippen LogP contribution in [0.15, 0.2) is 22.9 Å². The van der Waals surface area contributed by atoms with Gasteiger partial charge in [0.2, 0.25) is 0 Å². The molecule has 0 aliphatic rings. The standard InChI is InChI=1S/C5H6S2/c6-5-7-3-1-2-4-7/h1-4H,5H2/p+1. The maximum atomic E-state index is 4.13. The summed E-state index contributed by atoms with van der Waals surface area (Å²) in [4.78, 5) is 0. The van der Waals surface area contributed by atoms with Crippen LogP contribution in [-0.4, -0.2) is 0 Å². The van der Waals surface area contributed by atoms with Crippen LogP contribution in [0.25, 0.3) is 0 Å². The zero-order chi connectivity index (χ0) is 5.11. The maximum absolute atomic E-state index is 4.13. The number of thiol groups is 1. The quantitative estimate of drug-likeness (QED) is 0.439. The summed E-state index contributed by atoms with van der Waals surface area (Å²) in [6.07, 6.45) is 0. The van der Waals surface area contributed by atoms with E-state index in [1.807, 2.05) is 0 Å². The Hall–Kier alpha value is 0.0500. The van der Waals surface area contributed by atoms with Crippen molar-refractivity contribution >= 4 is 23.1 Å². The first kappa shape index (κ1) is 5.19. The van der Waals surface area contributed by atoms with E-state index in [1.165, 1.54) is 0 Å². The number of rotatable bonds is 1. The smallest absolute Gasteiger partial charge is 0.121 e. The Morgan fingerprint density at radius 2 is 1.86 bits per heavy atom. The fourth-order valence-corrected chi connectivity index (χ4v) is 1.79. The van der Waals surface area contributed by atoms with E-state index < -0.39 is 0 Å². The molecule has 0 spiro atoms. The van der Waals surface area contributed by atoms with E-state index in [0.717, 1.165) is 5.08 Å². The minimum absolute atomic E-state index is 0.369. The summed E-state index contributed by atoms with van der Waals surface area (Å²) in [5, 5.41) is 5.31. The van der Waals surface area contributed by atoms with Crippen LogP contribution in [0.4, 0.5) is 0 Å². The van der Waals surface area contributed by atoms with E-state index in [2.05, 4.69) is 35.5 Å². The molecule has 38 valence electrons. The normalized spacial score (nSPS) is 9.29. The van der Waals surface area contributed by atoms with Gasteiger partial charge >= 0.3 is 0 Å². The van der Waals surface area contributed by atoms with Crippen LogP contribution in [0.1, 0.15) is 0 Å². The largest absolute Gasteiger partial charge is 0.170 e. The van der Waals surface area contributed by atoms with Gasteiger partial charge in [0.1, 0.15) is 10.8 Å². The Labute approximate surface area is 51.6 Å². The molecule has 0 amide bonds. The van der Waals surface area contributed by atoms with Crippen molar-refractivity contribution in [3.05, 3.63) is 22.9 Å². The van der Waals surface area contributed by atoms with Crippen molar-refractivity contribution in [1.82, 2.24) is 0 Å². The Balaban J connectivity index is 2.76. The first-order valence-electron chi connectivity index (χ1n) is 2.08. The van der Waals surface area contributed by atoms with Crippen LogP contribution in [0.5, 0.6) is 0 Å². The second-order valence-electron chi connectivity index (χ2n) is 1.26. The molecule has 0 nitrogen and oxygen atoms in total. The second kappa shape index (κ2) is 2.38. The van der Waals surface area contributed by atoms with Crippen LogP contribution in [0.3, 0.4) is 0 Å². The average molecular weight is 131 g/mol. The van der Waals surface area contributed by atoms with Gasteiger partial charge in [-0.25, -0.2) is 0 Å². The lowest BCUT2D eigenvalue weighted by molar-refractivity contribution is 2.01. The van der Waals surface area contributed by atoms with Crippen LogP contribution >= 0.6 is 23.1 Å². The van der Waals surface area contributed by atoms with Crippen LogP contribution < -0.4 is 0 Å². The van der Waals surface area contributed by atoms with Gasteiger partial charge in [0.05, 0.1) is 0 Å². The third kappa shape index (κ3) is 1.21. The topological polar surface area (TPSA) is 0 Å². The van der Waals surface area contributed by atoms with E-state index in [-0.39, 0.29) is 0 Å². The molecule has 1 rings (SSSR count). The first-order valence-corrected chi connectivity index (χ1v) is 4.23. The molecular formula is C5H7S2+. The highest BCUT2D eigenvalue weighted by Gasteiger charge is 1.92. The molecule has 0 saturated heterocycles. The minimum Gasteiger partial charge on any atom is -0.121 e. The molecule has 0 N–H and O–H groups in total. The lowest BCUT2D eigenvalue weighted by Crippen LogP contribution is -1.45. The SMILES string of the molecule is SC[s+]1cccc1. The molecule has 2 heteroatoms. The van der Waals surface area contributed by atoms with Crippen LogP contribution in [-0.2, 0) is 5.08 Å². The molecule has 0 aliphatic carbocycles. The van der Waals surface area contributed by atoms with Gasteiger partial charge in [0.15, 0.2) is 5.08 Å². The van der Waals surface area contributed by atoms with E-state index in [1.54, 1.807) is 0 Å². The Morgan fingerprint density at radius 1 is 1.29 bits per heavy atom. The number of hydrogen-bond donors (Lipinski definition) is 1. The number of hydrogen-bond acceptors (Lipinski definition) is 1. The highest BCUT2D eigenvalue weighted by Crippen LogP contribution is 2.18. The molecule has 0 unspecified atom stereocenters. The second-order valence-corrected chi connectivity index (χ2v) is 3.77. The molecule has 0 saturated carbocycles.